The van der Waals surface area contributed by atoms with Crippen molar-refractivity contribution in [1.82, 2.24) is 10.2 Å². The van der Waals surface area contributed by atoms with Gasteiger partial charge in [-0.1, -0.05) is 0 Å². The van der Waals surface area contributed by atoms with Crippen LogP contribution in [-0.4, -0.2) is 43.8 Å². The highest BCUT2D eigenvalue weighted by atomic mass is 19.1. The third kappa shape index (κ3) is 4.17. The predicted octanol–water partition coefficient (Wildman–Crippen LogP) is 1.55. The summed E-state index contributed by atoms with van der Waals surface area (Å²) in [6.45, 7) is 2.57. The number of halogens is 2. The molecule has 4 nitrogen and oxygen atoms in total. The highest BCUT2D eigenvalue weighted by Crippen LogP contribution is 2.08. The Morgan fingerprint density at radius 2 is 1.84 bits per heavy atom. The molecule has 0 unspecified atom stereocenters. The first-order chi connectivity index (χ1) is 9.15. The lowest BCUT2D eigenvalue weighted by Crippen LogP contribution is -2.46. The van der Waals surface area contributed by atoms with Crippen molar-refractivity contribution in [3.8, 4) is 0 Å². The number of nitrogens with zero attached hydrogens (tertiary/aromatic N) is 1. The zero-order valence-electron chi connectivity index (χ0n) is 10.5. The van der Waals surface area contributed by atoms with Crippen molar-refractivity contribution in [2.75, 3.05) is 32.8 Å². The van der Waals surface area contributed by atoms with E-state index in [9.17, 15) is 13.6 Å². The summed E-state index contributed by atoms with van der Waals surface area (Å²) in [5, 5.41) is 2.73. The van der Waals surface area contributed by atoms with Gasteiger partial charge in [-0.25, -0.2) is 13.6 Å². The molecule has 1 saturated heterocycles. The van der Waals surface area contributed by atoms with Crippen molar-refractivity contribution in [2.45, 2.75) is 6.42 Å². The lowest BCUT2D eigenvalue weighted by Gasteiger charge is -2.26. The van der Waals surface area contributed by atoms with Crippen LogP contribution in [0.2, 0.25) is 0 Å². The fourth-order valence-electron chi connectivity index (χ4n) is 1.95. The van der Waals surface area contributed by atoms with Crippen LogP contribution in [0, 0.1) is 11.6 Å². The Morgan fingerprint density at radius 1 is 1.21 bits per heavy atom. The van der Waals surface area contributed by atoms with Gasteiger partial charge in [0.05, 0.1) is 13.2 Å². The van der Waals surface area contributed by atoms with E-state index in [1.54, 1.807) is 4.90 Å². The number of carbonyl (C=O) groups excluding carboxylic acids is 1. The third-order valence-corrected chi connectivity index (χ3v) is 2.91. The van der Waals surface area contributed by atoms with Crippen molar-refractivity contribution in [3.05, 3.63) is 35.4 Å². The fourth-order valence-corrected chi connectivity index (χ4v) is 1.95. The van der Waals surface area contributed by atoms with Crippen LogP contribution in [0.4, 0.5) is 13.6 Å². The molecular weight excluding hydrogens is 254 g/mol. The quantitative estimate of drug-likeness (QED) is 0.905. The first-order valence-corrected chi connectivity index (χ1v) is 6.20. The number of morpholine rings is 1. The van der Waals surface area contributed by atoms with Gasteiger partial charge in [-0.2, -0.15) is 0 Å². The second kappa shape index (κ2) is 6.47. The Bertz CT molecular complexity index is 428. The number of benzene rings is 1. The normalized spacial score (nSPS) is 15.4. The maximum Gasteiger partial charge on any atom is 0.317 e. The summed E-state index contributed by atoms with van der Waals surface area (Å²) in [4.78, 5) is 13.4. The topological polar surface area (TPSA) is 41.6 Å². The molecule has 6 heteroatoms. The number of hydrogen-bond donors (Lipinski definition) is 1. The average molecular weight is 270 g/mol. The third-order valence-electron chi connectivity index (χ3n) is 2.91. The average Bonchev–Trinajstić information content (AvgIpc) is 2.38. The molecule has 0 atom stereocenters. The number of nitrogens with one attached hydrogen (secondary N) is 1. The van der Waals surface area contributed by atoms with Crippen molar-refractivity contribution < 1.29 is 18.3 Å². The van der Waals surface area contributed by atoms with E-state index in [-0.39, 0.29) is 6.03 Å². The Morgan fingerprint density at radius 3 is 2.47 bits per heavy atom. The molecule has 104 valence electrons. The summed E-state index contributed by atoms with van der Waals surface area (Å²) in [6, 6.07) is 3.20. The van der Waals surface area contributed by atoms with Crippen molar-refractivity contribution >= 4 is 6.03 Å². The summed E-state index contributed by atoms with van der Waals surface area (Å²) < 4.78 is 31.1. The molecule has 1 fully saturated rings. The molecule has 2 rings (SSSR count). The molecule has 0 spiro atoms. The zero-order chi connectivity index (χ0) is 13.7. The van der Waals surface area contributed by atoms with E-state index < -0.39 is 11.6 Å². The number of urea groups is 1. The SMILES string of the molecule is O=C(NCCc1cc(F)cc(F)c1)N1CCOCC1. The van der Waals surface area contributed by atoms with E-state index in [0.29, 0.717) is 44.8 Å². The zero-order valence-corrected chi connectivity index (χ0v) is 10.5. The number of amides is 2. The van der Waals surface area contributed by atoms with Gasteiger partial charge >= 0.3 is 6.03 Å². The molecule has 1 aliphatic heterocycles. The van der Waals surface area contributed by atoms with Crippen LogP contribution in [0.3, 0.4) is 0 Å². The molecule has 0 saturated carbocycles. The molecule has 0 radical (unpaired) electrons. The number of hydrogen-bond acceptors (Lipinski definition) is 2. The van der Waals surface area contributed by atoms with Gasteiger partial charge in [-0.3, -0.25) is 0 Å². The minimum atomic E-state index is -0.602. The van der Waals surface area contributed by atoms with Gasteiger partial charge in [-0.05, 0) is 24.1 Å². The Labute approximate surface area is 110 Å². The van der Waals surface area contributed by atoms with Crippen LogP contribution in [0.5, 0.6) is 0 Å². The van der Waals surface area contributed by atoms with E-state index in [4.69, 9.17) is 4.74 Å². The van der Waals surface area contributed by atoms with Gasteiger partial charge in [0.2, 0.25) is 0 Å². The maximum absolute atomic E-state index is 13.0. The first kappa shape index (κ1) is 13.7. The first-order valence-electron chi connectivity index (χ1n) is 6.20. The smallest absolute Gasteiger partial charge is 0.317 e. The van der Waals surface area contributed by atoms with Crippen molar-refractivity contribution in [1.29, 1.82) is 0 Å². The Kier molecular flexibility index (Phi) is 4.68. The Hall–Kier alpha value is -1.69. The van der Waals surface area contributed by atoms with Crippen LogP contribution in [-0.2, 0) is 11.2 Å². The molecular formula is C13H16F2N2O2. The number of rotatable bonds is 3. The lowest BCUT2D eigenvalue weighted by molar-refractivity contribution is 0.0533. The summed E-state index contributed by atoms with van der Waals surface area (Å²) in [6.07, 6.45) is 0.394. The standard InChI is InChI=1S/C13H16F2N2O2/c14-11-7-10(8-12(15)9-11)1-2-16-13(18)17-3-5-19-6-4-17/h7-9H,1-6H2,(H,16,18). The van der Waals surface area contributed by atoms with E-state index in [1.807, 2.05) is 0 Å². The van der Waals surface area contributed by atoms with Gasteiger partial charge < -0.3 is 15.0 Å². The van der Waals surface area contributed by atoms with Crippen LogP contribution < -0.4 is 5.32 Å². The second-order valence-corrected chi connectivity index (χ2v) is 4.36. The van der Waals surface area contributed by atoms with E-state index in [0.717, 1.165) is 6.07 Å². The van der Waals surface area contributed by atoms with E-state index in [1.165, 1.54) is 12.1 Å². The van der Waals surface area contributed by atoms with Crippen LogP contribution in [0.15, 0.2) is 18.2 Å². The molecule has 1 heterocycles. The summed E-state index contributed by atoms with van der Waals surface area (Å²) in [7, 11) is 0. The fraction of sp³-hybridized carbons (Fsp3) is 0.462. The highest BCUT2D eigenvalue weighted by Gasteiger charge is 2.15. The molecule has 1 aliphatic rings. The highest BCUT2D eigenvalue weighted by molar-refractivity contribution is 5.74. The molecule has 0 aliphatic carbocycles. The van der Waals surface area contributed by atoms with Gasteiger partial charge in [0.25, 0.3) is 0 Å². The monoisotopic (exact) mass is 270 g/mol. The molecule has 19 heavy (non-hydrogen) atoms. The summed E-state index contributed by atoms with van der Waals surface area (Å²) in [5.74, 6) is -1.20. The molecule has 1 aromatic carbocycles. The van der Waals surface area contributed by atoms with E-state index in [2.05, 4.69) is 5.32 Å². The maximum atomic E-state index is 13.0. The van der Waals surface area contributed by atoms with Gasteiger partial charge in [0.1, 0.15) is 11.6 Å². The van der Waals surface area contributed by atoms with Crippen LogP contribution in [0.25, 0.3) is 0 Å². The molecule has 0 bridgehead atoms. The predicted molar refractivity (Wildman–Crippen MR) is 65.9 cm³/mol. The van der Waals surface area contributed by atoms with E-state index >= 15 is 0 Å². The van der Waals surface area contributed by atoms with Crippen LogP contribution in [0.1, 0.15) is 5.56 Å². The van der Waals surface area contributed by atoms with Gasteiger partial charge in [0, 0.05) is 25.7 Å². The molecule has 1 aromatic rings. The van der Waals surface area contributed by atoms with Crippen molar-refractivity contribution in [3.63, 3.8) is 0 Å². The Balaban J connectivity index is 1.77. The summed E-state index contributed by atoms with van der Waals surface area (Å²) >= 11 is 0. The molecule has 0 aromatic heterocycles. The number of ether oxygens (including phenoxy) is 1. The second-order valence-electron chi connectivity index (χ2n) is 4.36. The molecule has 1 N–H and O–H groups in total. The van der Waals surface area contributed by atoms with Crippen molar-refractivity contribution in [2.24, 2.45) is 0 Å². The van der Waals surface area contributed by atoms with Gasteiger partial charge in [0.15, 0.2) is 0 Å². The summed E-state index contributed by atoms with van der Waals surface area (Å²) in [5.41, 5.74) is 0.528. The minimum absolute atomic E-state index is 0.167. The van der Waals surface area contributed by atoms with Crippen LogP contribution >= 0.6 is 0 Å². The molecule has 2 amide bonds. The van der Waals surface area contributed by atoms with Gasteiger partial charge in [-0.15, -0.1) is 0 Å². The largest absolute Gasteiger partial charge is 0.378 e. The lowest BCUT2D eigenvalue weighted by atomic mass is 10.1. The number of carbonyl (C=O) groups is 1. The minimum Gasteiger partial charge on any atom is -0.378 e.